The van der Waals surface area contributed by atoms with E-state index in [1.165, 1.54) is 0 Å². The Morgan fingerprint density at radius 3 is 2.38 bits per heavy atom. The first kappa shape index (κ1) is 17.8. The molecule has 0 aliphatic carbocycles. The number of hydrogen-bond acceptors (Lipinski definition) is 3. The van der Waals surface area contributed by atoms with Crippen molar-refractivity contribution in [2.45, 2.75) is 60.0 Å². The van der Waals surface area contributed by atoms with E-state index in [0.717, 1.165) is 17.9 Å². The highest BCUT2D eigenvalue weighted by Crippen LogP contribution is 2.18. The molecule has 0 spiro atoms. The van der Waals surface area contributed by atoms with Gasteiger partial charge in [-0.15, -0.1) is 0 Å². The Bertz CT molecular complexity index is 438. The van der Waals surface area contributed by atoms with Crippen molar-refractivity contribution in [1.29, 1.82) is 0 Å². The Kier molecular flexibility index (Phi) is 6.96. The summed E-state index contributed by atoms with van der Waals surface area (Å²) < 4.78 is 5.59. The lowest BCUT2D eigenvalue weighted by Crippen LogP contribution is -2.38. The molecule has 0 fully saturated rings. The Labute approximate surface area is 128 Å². The monoisotopic (exact) mass is 294 g/mol. The second-order valence-corrected chi connectivity index (χ2v) is 6.56. The van der Waals surface area contributed by atoms with Crippen LogP contribution in [-0.2, 0) is 11.3 Å². The minimum absolute atomic E-state index is 0.153. The van der Waals surface area contributed by atoms with Crippen LogP contribution in [-0.4, -0.2) is 23.4 Å². The molecular formula is C17H30N2O2. The van der Waals surface area contributed by atoms with E-state index in [0.29, 0.717) is 25.4 Å². The molecule has 1 aromatic heterocycles. The number of rotatable bonds is 8. The summed E-state index contributed by atoms with van der Waals surface area (Å²) in [6.45, 7) is 11.4. The lowest BCUT2D eigenvalue weighted by Gasteiger charge is -2.28. The third-order valence-electron chi connectivity index (χ3n) is 3.67. The molecule has 0 aliphatic heterocycles. The van der Waals surface area contributed by atoms with Gasteiger partial charge in [0.05, 0.1) is 6.54 Å². The zero-order valence-electron chi connectivity index (χ0n) is 14.1. The summed E-state index contributed by atoms with van der Waals surface area (Å²) in [5.74, 6) is 2.70. The third kappa shape index (κ3) is 5.92. The summed E-state index contributed by atoms with van der Waals surface area (Å²) in [6, 6.07) is 4.02. The van der Waals surface area contributed by atoms with Crippen LogP contribution in [0.25, 0.3) is 0 Å². The van der Waals surface area contributed by atoms with Crippen LogP contribution < -0.4 is 5.73 Å². The highest BCUT2D eigenvalue weighted by Gasteiger charge is 2.22. The van der Waals surface area contributed by atoms with Crippen molar-refractivity contribution >= 4 is 5.91 Å². The fourth-order valence-corrected chi connectivity index (χ4v) is 2.59. The molecule has 1 amide bonds. The SMILES string of the molecule is Cc1ccc(CN(C(=O)CC(CN)CC(C)C)C(C)C)o1. The molecule has 0 aromatic carbocycles. The van der Waals surface area contributed by atoms with E-state index in [4.69, 9.17) is 10.2 Å². The predicted octanol–water partition coefficient (Wildman–Crippen LogP) is 3.34. The van der Waals surface area contributed by atoms with Gasteiger partial charge < -0.3 is 15.1 Å². The number of nitrogens with zero attached hydrogens (tertiary/aromatic N) is 1. The third-order valence-corrected chi connectivity index (χ3v) is 3.67. The second-order valence-electron chi connectivity index (χ2n) is 6.56. The van der Waals surface area contributed by atoms with Crippen molar-refractivity contribution in [3.05, 3.63) is 23.7 Å². The summed E-state index contributed by atoms with van der Waals surface area (Å²) in [7, 11) is 0. The summed E-state index contributed by atoms with van der Waals surface area (Å²) in [6.07, 6.45) is 1.51. The Morgan fingerprint density at radius 2 is 1.95 bits per heavy atom. The van der Waals surface area contributed by atoms with Crippen LogP contribution in [0, 0.1) is 18.8 Å². The molecule has 0 radical (unpaired) electrons. The number of hydrogen-bond donors (Lipinski definition) is 1. The van der Waals surface area contributed by atoms with E-state index in [1.807, 2.05) is 37.8 Å². The van der Waals surface area contributed by atoms with Gasteiger partial charge in [0, 0.05) is 12.5 Å². The topological polar surface area (TPSA) is 59.5 Å². The molecule has 4 heteroatoms. The molecule has 1 rings (SSSR count). The molecular weight excluding hydrogens is 264 g/mol. The summed E-state index contributed by atoms with van der Waals surface area (Å²) in [5.41, 5.74) is 5.81. The maximum atomic E-state index is 12.6. The number of nitrogens with two attached hydrogens (primary N) is 1. The standard InChI is InChI=1S/C17H30N2O2/c1-12(2)8-15(10-18)9-17(20)19(13(3)4)11-16-7-6-14(5)21-16/h6-7,12-13,15H,8-11,18H2,1-5H3. The largest absolute Gasteiger partial charge is 0.464 e. The first-order valence-electron chi connectivity index (χ1n) is 7.88. The van der Waals surface area contributed by atoms with E-state index in [-0.39, 0.29) is 17.9 Å². The van der Waals surface area contributed by atoms with Gasteiger partial charge in [-0.2, -0.15) is 0 Å². The van der Waals surface area contributed by atoms with Gasteiger partial charge in [-0.25, -0.2) is 0 Å². The minimum atomic E-state index is 0.153. The first-order valence-corrected chi connectivity index (χ1v) is 7.88. The van der Waals surface area contributed by atoms with E-state index in [2.05, 4.69) is 13.8 Å². The van der Waals surface area contributed by atoms with Crippen LogP contribution in [0.3, 0.4) is 0 Å². The molecule has 0 aliphatic rings. The Balaban J connectivity index is 2.68. The molecule has 1 unspecified atom stereocenters. The van der Waals surface area contributed by atoms with Crippen molar-refractivity contribution < 1.29 is 9.21 Å². The van der Waals surface area contributed by atoms with Gasteiger partial charge in [0.1, 0.15) is 11.5 Å². The number of carbonyl (C=O) groups is 1. The minimum Gasteiger partial charge on any atom is -0.464 e. The van der Waals surface area contributed by atoms with E-state index >= 15 is 0 Å². The van der Waals surface area contributed by atoms with Gasteiger partial charge in [-0.05, 0) is 57.7 Å². The number of furan rings is 1. The molecule has 0 bridgehead atoms. The number of aryl methyl sites for hydroxylation is 1. The van der Waals surface area contributed by atoms with E-state index in [1.54, 1.807) is 0 Å². The van der Waals surface area contributed by atoms with Crippen LogP contribution in [0.1, 0.15) is 52.1 Å². The van der Waals surface area contributed by atoms with Crippen LogP contribution in [0.15, 0.2) is 16.5 Å². The van der Waals surface area contributed by atoms with Gasteiger partial charge in [0.25, 0.3) is 0 Å². The number of carbonyl (C=O) groups excluding carboxylic acids is 1. The van der Waals surface area contributed by atoms with Crippen LogP contribution in [0.2, 0.25) is 0 Å². The normalized spacial score (nSPS) is 13.0. The molecule has 120 valence electrons. The zero-order valence-corrected chi connectivity index (χ0v) is 14.1. The summed E-state index contributed by atoms with van der Waals surface area (Å²) in [4.78, 5) is 14.5. The Hall–Kier alpha value is -1.29. The average molecular weight is 294 g/mol. The van der Waals surface area contributed by atoms with Gasteiger partial charge >= 0.3 is 0 Å². The average Bonchev–Trinajstić information content (AvgIpc) is 2.79. The molecule has 0 saturated carbocycles. The fraction of sp³-hybridized carbons (Fsp3) is 0.706. The van der Waals surface area contributed by atoms with Crippen molar-refractivity contribution in [2.75, 3.05) is 6.54 Å². The first-order chi connectivity index (χ1) is 9.83. The highest BCUT2D eigenvalue weighted by molar-refractivity contribution is 5.76. The van der Waals surface area contributed by atoms with E-state index in [9.17, 15) is 4.79 Å². The second kappa shape index (κ2) is 8.23. The molecule has 21 heavy (non-hydrogen) atoms. The predicted molar refractivity (Wildman–Crippen MR) is 85.7 cm³/mol. The van der Waals surface area contributed by atoms with Crippen molar-refractivity contribution in [2.24, 2.45) is 17.6 Å². The van der Waals surface area contributed by atoms with Crippen molar-refractivity contribution in [1.82, 2.24) is 4.90 Å². The molecule has 1 aromatic rings. The lowest BCUT2D eigenvalue weighted by atomic mass is 9.93. The van der Waals surface area contributed by atoms with E-state index < -0.39 is 0 Å². The maximum absolute atomic E-state index is 12.6. The van der Waals surface area contributed by atoms with Crippen molar-refractivity contribution in [3.8, 4) is 0 Å². The summed E-state index contributed by atoms with van der Waals surface area (Å²) in [5, 5.41) is 0. The van der Waals surface area contributed by atoms with Gasteiger partial charge in [-0.3, -0.25) is 4.79 Å². The molecule has 0 saturated heterocycles. The van der Waals surface area contributed by atoms with Crippen molar-refractivity contribution in [3.63, 3.8) is 0 Å². The molecule has 1 atom stereocenters. The maximum Gasteiger partial charge on any atom is 0.223 e. The quantitative estimate of drug-likeness (QED) is 0.800. The highest BCUT2D eigenvalue weighted by atomic mass is 16.3. The van der Waals surface area contributed by atoms with Crippen LogP contribution in [0.4, 0.5) is 0 Å². The summed E-state index contributed by atoms with van der Waals surface area (Å²) >= 11 is 0. The van der Waals surface area contributed by atoms with Gasteiger partial charge in [0.2, 0.25) is 5.91 Å². The van der Waals surface area contributed by atoms with Gasteiger partial charge in [-0.1, -0.05) is 13.8 Å². The van der Waals surface area contributed by atoms with Crippen LogP contribution in [0.5, 0.6) is 0 Å². The fourth-order valence-electron chi connectivity index (χ4n) is 2.59. The zero-order chi connectivity index (χ0) is 16.0. The van der Waals surface area contributed by atoms with Gasteiger partial charge in [0.15, 0.2) is 0 Å². The number of amides is 1. The van der Waals surface area contributed by atoms with Crippen LogP contribution >= 0.6 is 0 Å². The lowest BCUT2D eigenvalue weighted by molar-refractivity contribution is -0.134. The molecule has 1 heterocycles. The Morgan fingerprint density at radius 1 is 1.29 bits per heavy atom. The molecule has 2 N–H and O–H groups in total. The molecule has 4 nitrogen and oxygen atoms in total. The smallest absolute Gasteiger partial charge is 0.223 e.